The molecule has 6 heteroatoms. The second-order valence-corrected chi connectivity index (χ2v) is 8.06. The fourth-order valence-corrected chi connectivity index (χ4v) is 4.13. The number of aryl methyl sites for hydroxylation is 2. The van der Waals surface area contributed by atoms with Crippen LogP contribution in [0.4, 0.5) is 10.8 Å². The van der Waals surface area contributed by atoms with Crippen molar-refractivity contribution in [2.24, 2.45) is 5.92 Å². The van der Waals surface area contributed by atoms with Gasteiger partial charge in [0.05, 0.1) is 5.69 Å². The summed E-state index contributed by atoms with van der Waals surface area (Å²) in [6.07, 6.45) is 6.11. The van der Waals surface area contributed by atoms with Gasteiger partial charge in [-0.1, -0.05) is 19.9 Å². The molecule has 0 radical (unpaired) electrons. The van der Waals surface area contributed by atoms with Crippen molar-refractivity contribution in [3.05, 3.63) is 53.1 Å². The number of carbonyl (C=O) groups is 2. The first-order valence-corrected chi connectivity index (χ1v) is 10.1. The molecule has 1 aliphatic rings. The summed E-state index contributed by atoms with van der Waals surface area (Å²) in [7, 11) is 0. The van der Waals surface area contributed by atoms with Crippen LogP contribution in [0.5, 0.6) is 0 Å². The first-order chi connectivity index (χ1) is 13.0. The Kier molecular flexibility index (Phi) is 6.06. The van der Waals surface area contributed by atoms with Gasteiger partial charge in [-0.3, -0.25) is 14.5 Å². The molecule has 0 saturated heterocycles. The maximum Gasteiger partial charge on any atom is 0.260 e. The average Bonchev–Trinajstić information content (AvgIpc) is 3.09. The Morgan fingerprint density at radius 3 is 2.59 bits per heavy atom. The van der Waals surface area contributed by atoms with Crippen LogP contribution in [0.1, 0.15) is 47.6 Å². The molecule has 5 nitrogen and oxygen atoms in total. The third kappa shape index (κ3) is 4.45. The summed E-state index contributed by atoms with van der Waals surface area (Å²) in [5, 5.41) is 3.58. The van der Waals surface area contributed by atoms with Crippen molar-refractivity contribution >= 4 is 34.0 Å². The molecule has 0 fully saturated rings. The Balaban J connectivity index is 1.79. The summed E-state index contributed by atoms with van der Waals surface area (Å²) in [5.74, 6) is -0.246. The number of hydrogen-bond acceptors (Lipinski definition) is 4. The van der Waals surface area contributed by atoms with Crippen molar-refractivity contribution in [2.75, 3.05) is 16.8 Å². The molecule has 0 saturated carbocycles. The number of nitrogens with one attached hydrogen (secondary N) is 1. The maximum atomic E-state index is 13.0. The number of fused-ring (bicyclic) bond motifs is 1. The van der Waals surface area contributed by atoms with E-state index in [4.69, 9.17) is 4.98 Å². The Hall–Kier alpha value is -2.47. The van der Waals surface area contributed by atoms with Crippen LogP contribution in [0, 0.1) is 5.92 Å². The molecule has 2 aromatic rings. The van der Waals surface area contributed by atoms with Crippen molar-refractivity contribution in [3.8, 4) is 0 Å². The van der Waals surface area contributed by atoms with Gasteiger partial charge in [0.2, 0.25) is 5.91 Å². The van der Waals surface area contributed by atoms with Gasteiger partial charge < -0.3 is 5.32 Å². The highest BCUT2D eigenvalue weighted by molar-refractivity contribution is 7.16. The predicted molar refractivity (Wildman–Crippen MR) is 111 cm³/mol. The highest BCUT2D eigenvalue weighted by Gasteiger charge is 2.23. The van der Waals surface area contributed by atoms with E-state index in [1.54, 1.807) is 46.6 Å². The van der Waals surface area contributed by atoms with Crippen LogP contribution in [-0.4, -0.2) is 23.3 Å². The van der Waals surface area contributed by atoms with E-state index in [0.29, 0.717) is 17.8 Å². The number of benzene rings is 1. The number of amides is 2. The summed E-state index contributed by atoms with van der Waals surface area (Å²) < 4.78 is 0. The van der Waals surface area contributed by atoms with E-state index in [2.05, 4.69) is 11.9 Å². The summed E-state index contributed by atoms with van der Waals surface area (Å²) in [6.45, 7) is 7.88. The lowest BCUT2D eigenvalue weighted by molar-refractivity contribution is -0.118. The highest BCUT2D eigenvalue weighted by atomic mass is 32.1. The molecular formula is C21H25N3O2S. The lowest BCUT2D eigenvalue weighted by Gasteiger charge is -2.18. The SMILES string of the molecule is C=CCN(C(=O)c1ccc(NC(=O)C(C)C)cc1)c1nc2c(s1)CCCC2. The zero-order chi connectivity index (χ0) is 19.4. The van der Waals surface area contributed by atoms with E-state index in [1.165, 1.54) is 11.3 Å². The molecule has 1 aromatic carbocycles. The largest absolute Gasteiger partial charge is 0.326 e. The molecule has 1 aromatic heterocycles. The maximum absolute atomic E-state index is 13.0. The fourth-order valence-electron chi connectivity index (χ4n) is 2.97. The minimum atomic E-state index is -0.109. The number of carbonyl (C=O) groups excluding carboxylic acids is 2. The van der Waals surface area contributed by atoms with E-state index in [9.17, 15) is 9.59 Å². The Labute approximate surface area is 164 Å². The van der Waals surface area contributed by atoms with Crippen molar-refractivity contribution in [1.82, 2.24) is 4.98 Å². The van der Waals surface area contributed by atoms with Gasteiger partial charge >= 0.3 is 0 Å². The summed E-state index contributed by atoms with van der Waals surface area (Å²) in [6, 6.07) is 6.99. The molecule has 27 heavy (non-hydrogen) atoms. The van der Waals surface area contributed by atoms with Gasteiger partial charge in [-0.15, -0.1) is 17.9 Å². The first-order valence-electron chi connectivity index (χ1n) is 9.32. The minimum Gasteiger partial charge on any atom is -0.326 e. The van der Waals surface area contributed by atoms with E-state index >= 15 is 0 Å². The van der Waals surface area contributed by atoms with E-state index in [0.717, 1.165) is 30.1 Å². The standard InChI is InChI=1S/C21H25N3O2S/c1-4-13-24(21-23-17-7-5-6-8-18(17)27-21)20(26)15-9-11-16(12-10-15)22-19(25)14(2)3/h4,9-12,14H,1,5-8,13H2,2-3H3,(H,22,25). The molecule has 142 valence electrons. The van der Waals surface area contributed by atoms with E-state index < -0.39 is 0 Å². The molecule has 1 aliphatic carbocycles. The summed E-state index contributed by atoms with van der Waals surface area (Å²) >= 11 is 1.61. The lowest BCUT2D eigenvalue weighted by atomic mass is 10.0. The van der Waals surface area contributed by atoms with E-state index in [1.807, 2.05) is 13.8 Å². The van der Waals surface area contributed by atoms with Crippen LogP contribution in [0.25, 0.3) is 0 Å². The van der Waals surface area contributed by atoms with Crippen molar-refractivity contribution in [1.29, 1.82) is 0 Å². The van der Waals surface area contributed by atoms with Gasteiger partial charge in [-0.2, -0.15) is 0 Å². The molecule has 0 spiro atoms. The Morgan fingerprint density at radius 2 is 1.96 bits per heavy atom. The fraction of sp³-hybridized carbons (Fsp3) is 0.381. The monoisotopic (exact) mass is 383 g/mol. The topological polar surface area (TPSA) is 62.3 Å². The third-order valence-corrected chi connectivity index (χ3v) is 5.73. The molecule has 1 N–H and O–H groups in total. The van der Waals surface area contributed by atoms with Gasteiger partial charge in [-0.05, 0) is 49.9 Å². The third-order valence-electron chi connectivity index (χ3n) is 4.55. The van der Waals surface area contributed by atoms with Gasteiger partial charge in [-0.25, -0.2) is 4.98 Å². The number of thiazole rings is 1. The number of hydrogen-bond donors (Lipinski definition) is 1. The molecule has 0 aliphatic heterocycles. The Morgan fingerprint density at radius 1 is 1.26 bits per heavy atom. The quantitative estimate of drug-likeness (QED) is 0.750. The smallest absolute Gasteiger partial charge is 0.260 e. The Bertz CT molecular complexity index is 816. The molecule has 0 unspecified atom stereocenters. The second-order valence-electron chi connectivity index (χ2n) is 7.00. The van der Waals surface area contributed by atoms with Gasteiger partial charge in [0.15, 0.2) is 5.13 Å². The van der Waals surface area contributed by atoms with Crippen LogP contribution in [-0.2, 0) is 17.6 Å². The molecular weight excluding hydrogens is 358 g/mol. The van der Waals surface area contributed by atoms with Crippen LogP contribution in [0.15, 0.2) is 36.9 Å². The first kappa shape index (κ1) is 19.3. The zero-order valence-electron chi connectivity index (χ0n) is 15.8. The minimum absolute atomic E-state index is 0.0456. The van der Waals surface area contributed by atoms with Crippen molar-refractivity contribution in [3.63, 3.8) is 0 Å². The van der Waals surface area contributed by atoms with Crippen LogP contribution in [0.3, 0.4) is 0 Å². The van der Waals surface area contributed by atoms with E-state index in [-0.39, 0.29) is 17.7 Å². The van der Waals surface area contributed by atoms with Gasteiger partial charge in [0, 0.05) is 28.6 Å². The molecule has 0 atom stereocenters. The highest BCUT2D eigenvalue weighted by Crippen LogP contribution is 2.32. The molecule has 2 amide bonds. The van der Waals surface area contributed by atoms with Crippen LogP contribution >= 0.6 is 11.3 Å². The molecule has 0 bridgehead atoms. The predicted octanol–water partition coefficient (Wildman–Crippen LogP) is 4.45. The van der Waals surface area contributed by atoms with Crippen molar-refractivity contribution < 1.29 is 9.59 Å². The number of rotatable bonds is 6. The lowest BCUT2D eigenvalue weighted by Crippen LogP contribution is -2.31. The zero-order valence-corrected chi connectivity index (χ0v) is 16.6. The van der Waals surface area contributed by atoms with Gasteiger partial charge in [0.1, 0.15) is 0 Å². The average molecular weight is 384 g/mol. The molecule has 1 heterocycles. The van der Waals surface area contributed by atoms with Crippen LogP contribution < -0.4 is 10.2 Å². The number of nitrogens with zero attached hydrogens (tertiary/aromatic N) is 2. The number of anilines is 2. The van der Waals surface area contributed by atoms with Gasteiger partial charge in [0.25, 0.3) is 5.91 Å². The second kappa shape index (κ2) is 8.48. The normalized spacial score (nSPS) is 13.1. The van der Waals surface area contributed by atoms with Crippen molar-refractivity contribution in [2.45, 2.75) is 39.5 Å². The van der Waals surface area contributed by atoms with Crippen LogP contribution in [0.2, 0.25) is 0 Å². The molecule has 3 rings (SSSR count). The summed E-state index contributed by atoms with van der Waals surface area (Å²) in [5.41, 5.74) is 2.38. The number of aromatic nitrogens is 1. The summed E-state index contributed by atoms with van der Waals surface area (Å²) in [4.78, 5) is 32.5.